The molecule has 1 heterocycles. The van der Waals surface area contributed by atoms with E-state index in [1.807, 2.05) is 24.3 Å². The van der Waals surface area contributed by atoms with Gasteiger partial charge in [-0.25, -0.2) is 9.97 Å². The Morgan fingerprint density at radius 2 is 1.89 bits per heavy atom. The van der Waals surface area contributed by atoms with Crippen molar-refractivity contribution in [2.24, 2.45) is 0 Å². The number of hydrogen-bond acceptors (Lipinski definition) is 5. The molecule has 0 aliphatic heterocycles. The van der Waals surface area contributed by atoms with Gasteiger partial charge < -0.3 is 10.1 Å². The van der Waals surface area contributed by atoms with Gasteiger partial charge in [0, 0.05) is 25.9 Å². The Balaban J connectivity index is 2.07. The van der Waals surface area contributed by atoms with Gasteiger partial charge in [0.05, 0.1) is 7.11 Å². The highest BCUT2D eigenvalue weighted by molar-refractivity contribution is 5.96. The van der Waals surface area contributed by atoms with Crippen LogP contribution >= 0.6 is 0 Å². The first-order chi connectivity index (χ1) is 9.20. The molecule has 0 spiro atoms. The lowest BCUT2D eigenvalue weighted by Gasteiger charge is -2.08. The maximum atomic E-state index is 11.4. The van der Waals surface area contributed by atoms with Crippen molar-refractivity contribution in [2.75, 3.05) is 12.4 Å². The number of carbonyl (C=O) groups is 1. The van der Waals surface area contributed by atoms with Gasteiger partial charge in [-0.2, -0.15) is 0 Å². The van der Waals surface area contributed by atoms with Gasteiger partial charge in [-0.3, -0.25) is 4.79 Å². The first-order valence-corrected chi connectivity index (χ1v) is 5.89. The fraction of sp³-hybridized carbons (Fsp3) is 0.214. The highest BCUT2D eigenvalue weighted by atomic mass is 16.5. The Kier molecular flexibility index (Phi) is 4.07. The molecule has 1 aromatic heterocycles. The maximum absolute atomic E-state index is 11.4. The van der Waals surface area contributed by atoms with Crippen molar-refractivity contribution in [1.82, 2.24) is 9.97 Å². The SMILES string of the molecule is COc1ccc(CNc2nccnc2C(C)=O)cc1. The molecule has 0 bridgehead atoms. The molecular formula is C14H15N3O2. The van der Waals surface area contributed by atoms with E-state index in [0.29, 0.717) is 18.1 Å². The van der Waals surface area contributed by atoms with Crippen molar-refractivity contribution in [2.45, 2.75) is 13.5 Å². The Bertz CT molecular complexity index is 567. The van der Waals surface area contributed by atoms with Crippen molar-refractivity contribution in [3.63, 3.8) is 0 Å². The minimum Gasteiger partial charge on any atom is -0.497 e. The molecule has 1 N–H and O–H groups in total. The van der Waals surface area contributed by atoms with Gasteiger partial charge in [-0.05, 0) is 17.7 Å². The van der Waals surface area contributed by atoms with Gasteiger partial charge in [0.1, 0.15) is 11.4 Å². The molecule has 0 aliphatic rings. The average Bonchev–Trinajstić information content (AvgIpc) is 2.46. The van der Waals surface area contributed by atoms with Crippen LogP contribution in [0.25, 0.3) is 0 Å². The van der Waals surface area contributed by atoms with E-state index in [0.717, 1.165) is 11.3 Å². The van der Waals surface area contributed by atoms with Gasteiger partial charge in [-0.1, -0.05) is 12.1 Å². The second kappa shape index (κ2) is 5.95. The Hall–Kier alpha value is -2.43. The van der Waals surface area contributed by atoms with Crippen molar-refractivity contribution in [3.8, 4) is 5.75 Å². The molecular weight excluding hydrogens is 242 g/mol. The monoisotopic (exact) mass is 257 g/mol. The lowest BCUT2D eigenvalue weighted by atomic mass is 10.2. The Morgan fingerprint density at radius 3 is 2.53 bits per heavy atom. The highest BCUT2D eigenvalue weighted by Crippen LogP contribution is 2.14. The summed E-state index contributed by atoms with van der Waals surface area (Å²) in [6.07, 6.45) is 3.07. The number of benzene rings is 1. The van der Waals surface area contributed by atoms with E-state index in [2.05, 4.69) is 15.3 Å². The number of nitrogens with zero attached hydrogens (tertiary/aromatic N) is 2. The molecule has 0 saturated heterocycles. The second-order valence-electron chi connectivity index (χ2n) is 4.01. The second-order valence-corrected chi connectivity index (χ2v) is 4.01. The van der Waals surface area contributed by atoms with Crippen LogP contribution in [0.3, 0.4) is 0 Å². The molecule has 5 nitrogen and oxygen atoms in total. The predicted molar refractivity (Wildman–Crippen MR) is 72.4 cm³/mol. The number of methoxy groups -OCH3 is 1. The summed E-state index contributed by atoms with van der Waals surface area (Å²) in [4.78, 5) is 19.6. The molecule has 0 unspecified atom stereocenters. The van der Waals surface area contributed by atoms with Gasteiger partial charge in [-0.15, -0.1) is 0 Å². The zero-order valence-electron chi connectivity index (χ0n) is 10.9. The van der Waals surface area contributed by atoms with Crippen LogP contribution in [0.1, 0.15) is 23.0 Å². The standard InChI is InChI=1S/C14H15N3O2/c1-10(18)13-14(16-8-7-15-13)17-9-11-3-5-12(19-2)6-4-11/h3-8H,9H2,1-2H3,(H,16,17). The molecule has 19 heavy (non-hydrogen) atoms. The molecule has 0 radical (unpaired) electrons. The summed E-state index contributed by atoms with van der Waals surface area (Å²) >= 11 is 0. The normalized spacial score (nSPS) is 10.0. The smallest absolute Gasteiger partial charge is 0.181 e. The quantitative estimate of drug-likeness (QED) is 0.833. The molecule has 1 aromatic carbocycles. The first kappa shape index (κ1) is 13.0. The van der Waals surface area contributed by atoms with Crippen LogP contribution in [0.4, 0.5) is 5.82 Å². The van der Waals surface area contributed by atoms with Crippen LogP contribution in [0.5, 0.6) is 5.75 Å². The zero-order valence-corrected chi connectivity index (χ0v) is 10.9. The molecule has 0 aliphatic carbocycles. The summed E-state index contributed by atoms with van der Waals surface area (Å²) in [5.74, 6) is 1.21. The summed E-state index contributed by atoms with van der Waals surface area (Å²) in [7, 11) is 1.63. The summed E-state index contributed by atoms with van der Waals surface area (Å²) in [5.41, 5.74) is 1.43. The first-order valence-electron chi connectivity index (χ1n) is 5.89. The molecule has 2 aromatic rings. The third-order valence-corrected chi connectivity index (χ3v) is 2.65. The van der Waals surface area contributed by atoms with E-state index in [1.54, 1.807) is 13.3 Å². The Labute approximate surface area is 111 Å². The minimum absolute atomic E-state index is 0.106. The van der Waals surface area contributed by atoms with Crippen molar-refractivity contribution >= 4 is 11.6 Å². The lowest BCUT2D eigenvalue weighted by Crippen LogP contribution is -2.08. The van der Waals surface area contributed by atoms with Crippen LogP contribution in [-0.2, 0) is 6.54 Å². The number of nitrogens with one attached hydrogen (secondary N) is 1. The minimum atomic E-state index is -0.106. The summed E-state index contributed by atoms with van der Waals surface area (Å²) in [5, 5.41) is 3.11. The summed E-state index contributed by atoms with van der Waals surface area (Å²) in [6.45, 7) is 2.05. The van der Waals surface area contributed by atoms with Crippen LogP contribution in [0, 0.1) is 0 Å². The van der Waals surface area contributed by atoms with E-state index in [-0.39, 0.29) is 5.78 Å². The molecule has 2 rings (SSSR count). The van der Waals surface area contributed by atoms with E-state index in [1.165, 1.54) is 13.1 Å². The predicted octanol–water partition coefficient (Wildman–Crippen LogP) is 2.30. The molecule has 5 heteroatoms. The van der Waals surface area contributed by atoms with Crippen molar-refractivity contribution in [1.29, 1.82) is 0 Å². The highest BCUT2D eigenvalue weighted by Gasteiger charge is 2.08. The van der Waals surface area contributed by atoms with E-state index >= 15 is 0 Å². The van der Waals surface area contributed by atoms with Crippen LogP contribution < -0.4 is 10.1 Å². The van der Waals surface area contributed by atoms with Crippen molar-refractivity contribution < 1.29 is 9.53 Å². The van der Waals surface area contributed by atoms with Gasteiger partial charge in [0.2, 0.25) is 0 Å². The third-order valence-electron chi connectivity index (χ3n) is 2.65. The van der Waals surface area contributed by atoms with Crippen LogP contribution in [-0.4, -0.2) is 22.9 Å². The number of hydrogen-bond donors (Lipinski definition) is 1. The Morgan fingerprint density at radius 1 is 1.21 bits per heavy atom. The molecule has 0 fully saturated rings. The number of anilines is 1. The van der Waals surface area contributed by atoms with Crippen LogP contribution in [0.15, 0.2) is 36.7 Å². The topological polar surface area (TPSA) is 64.1 Å². The average molecular weight is 257 g/mol. The molecule has 0 amide bonds. The third kappa shape index (κ3) is 3.28. The number of aromatic nitrogens is 2. The molecule has 98 valence electrons. The fourth-order valence-corrected chi connectivity index (χ4v) is 1.65. The van der Waals surface area contributed by atoms with E-state index in [4.69, 9.17) is 4.74 Å². The lowest BCUT2D eigenvalue weighted by molar-refractivity contribution is 0.101. The van der Waals surface area contributed by atoms with E-state index in [9.17, 15) is 4.79 Å². The largest absolute Gasteiger partial charge is 0.497 e. The van der Waals surface area contributed by atoms with Crippen molar-refractivity contribution in [3.05, 3.63) is 47.9 Å². The van der Waals surface area contributed by atoms with Gasteiger partial charge in [0.15, 0.2) is 11.6 Å². The summed E-state index contributed by atoms with van der Waals surface area (Å²) in [6, 6.07) is 7.68. The maximum Gasteiger partial charge on any atom is 0.181 e. The fourth-order valence-electron chi connectivity index (χ4n) is 1.65. The number of ether oxygens (including phenoxy) is 1. The molecule has 0 saturated carbocycles. The number of carbonyl (C=O) groups excluding carboxylic acids is 1. The number of rotatable bonds is 5. The summed E-state index contributed by atoms with van der Waals surface area (Å²) < 4.78 is 5.10. The number of ketones is 1. The molecule has 0 atom stereocenters. The zero-order chi connectivity index (χ0) is 13.7. The number of Topliss-reactive ketones (excluding diaryl/α,β-unsaturated/α-hetero) is 1. The van der Waals surface area contributed by atoms with Gasteiger partial charge in [0.25, 0.3) is 0 Å². The van der Waals surface area contributed by atoms with E-state index < -0.39 is 0 Å². The van der Waals surface area contributed by atoms with Crippen LogP contribution in [0.2, 0.25) is 0 Å². The van der Waals surface area contributed by atoms with Gasteiger partial charge >= 0.3 is 0 Å².